The number of hydrogen-bond acceptors (Lipinski definition) is 3. The zero-order valence-corrected chi connectivity index (χ0v) is 13.4. The van der Waals surface area contributed by atoms with E-state index < -0.39 is 0 Å². The van der Waals surface area contributed by atoms with Crippen molar-refractivity contribution in [3.63, 3.8) is 0 Å². The summed E-state index contributed by atoms with van der Waals surface area (Å²) in [7, 11) is 0. The van der Waals surface area contributed by atoms with E-state index in [2.05, 4.69) is 39.2 Å². The van der Waals surface area contributed by atoms with Gasteiger partial charge in [0.1, 0.15) is 6.61 Å². The number of halogens is 1. The van der Waals surface area contributed by atoms with Gasteiger partial charge in [-0.1, -0.05) is 35.0 Å². The van der Waals surface area contributed by atoms with Gasteiger partial charge >= 0.3 is 0 Å². The van der Waals surface area contributed by atoms with Gasteiger partial charge in [-0.25, -0.2) is 4.98 Å². The Morgan fingerprint density at radius 2 is 1.90 bits per heavy atom. The van der Waals surface area contributed by atoms with Gasteiger partial charge in [0, 0.05) is 22.8 Å². The van der Waals surface area contributed by atoms with Crippen LogP contribution in [0.25, 0.3) is 0 Å². The van der Waals surface area contributed by atoms with Crippen LogP contribution in [0.4, 0.5) is 0 Å². The van der Waals surface area contributed by atoms with Crippen LogP contribution in [-0.4, -0.2) is 11.5 Å². The van der Waals surface area contributed by atoms with E-state index in [0.29, 0.717) is 12.5 Å². The first-order valence-electron chi connectivity index (χ1n) is 6.73. The van der Waals surface area contributed by atoms with Gasteiger partial charge in [0.15, 0.2) is 0 Å². The van der Waals surface area contributed by atoms with Crippen LogP contribution in [-0.2, 0) is 13.2 Å². The van der Waals surface area contributed by atoms with Crippen molar-refractivity contribution in [2.45, 2.75) is 27.0 Å². The average Bonchev–Trinajstić information content (AvgIpc) is 2.44. The normalized spacial score (nSPS) is 10.6. The Morgan fingerprint density at radius 1 is 1.15 bits per heavy atom. The second-order valence-electron chi connectivity index (χ2n) is 4.65. The predicted octanol–water partition coefficient (Wildman–Crippen LogP) is 3.84. The number of rotatable bonds is 6. The van der Waals surface area contributed by atoms with Crippen LogP contribution in [0.5, 0.6) is 5.88 Å². The third-order valence-corrected chi connectivity index (χ3v) is 3.40. The van der Waals surface area contributed by atoms with Gasteiger partial charge in [0.2, 0.25) is 5.88 Å². The Morgan fingerprint density at radius 3 is 2.60 bits per heavy atom. The first kappa shape index (κ1) is 15.0. The summed E-state index contributed by atoms with van der Waals surface area (Å²) < 4.78 is 6.85. The Balaban J connectivity index is 2.01. The van der Waals surface area contributed by atoms with Crippen molar-refractivity contribution in [2.75, 3.05) is 6.54 Å². The van der Waals surface area contributed by atoms with Crippen LogP contribution in [0.1, 0.15) is 23.7 Å². The van der Waals surface area contributed by atoms with E-state index in [1.54, 1.807) is 0 Å². The van der Waals surface area contributed by atoms with Crippen molar-refractivity contribution in [1.82, 2.24) is 10.3 Å². The molecule has 0 fully saturated rings. The highest BCUT2D eigenvalue weighted by atomic mass is 79.9. The van der Waals surface area contributed by atoms with Crippen LogP contribution in [0, 0.1) is 6.92 Å². The topological polar surface area (TPSA) is 34.2 Å². The highest BCUT2D eigenvalue weighted by Gasteiger charge is 2.02. The molecule has 1 aromatic heterocycles. The summed E-state index contributed by atoms with van der Waals surface area (Å²) in [4.78, 5) is 4.42. The maximum absolute atomic E-state index is 5.78. The van der Waals surface area contributed by atoms with E-state index in [-0.39, 0.29) is 0 Å². The average molecular weight is 335 g/mol. The van der Waals surface area contributed by atoms with Gasteiger partial charge < -0.3 is 10.1 Å². The van der Waals surface area contributed by atoms with E-state index in [4.69, 9.17) is 4.74 Å². The van der Waals surface area contributed by atoms with E-state index in [1.165, 1.54) is 5.56 Å². The molecule has 1 heterocycles. The fraction of sp³-hybridized carbons (Fsp3) is 0.312. The number of nitrogens with zero attached hydrogens (tertiary/aromatic N) is 1. The highest BCUT2D eigenvalue weighted by Crippen LogP contribution is 2.15. The fourth-order valence-electron chi connectivity index (χ4n) is 1.89. The Bertz CT molecular complexity index is 555. The van der Waals surface area contributed by atoms with Gasteiger partial charge in [-0.15, -0.1) is 0 Å². The zero-order valence-electron chi connectivity index (χ0n) is 11.8. The van der Waals surface area contributed by atoms with E-state index in [0.717, 1.165) is 28.8 Å². The molecule has 0 radical (unpaired) electrons. The molecule has 0 bridgehead atoms. The van der Waals surface area contributed by atoms with E-state index in [1.807, 2.05) is 37.3 Å². The monoisotopic (exact) mass is 334 g/mol. The zero-order chi connectivity index (χ0) is 14.4. The van der Waals surface area contributed by atoms with Crippen LogP contribution < -0.4 is 10.1 Å². The van der Waals surface area contributed by atoms with Gasteiger partial charge in [-0.3, -0.25) is 0 Å². The van der Waals surface area contributed by atoms with Crippen molar-refractivity contribution in [3.05, 3.63) is 57.7 Å². The lowest BCUT2D eigenvalue weighted by Gasteiger charge is -2.09. The summed E-state index contributed by atoms with van der Waals surface area (Å²) in [5.74, 6) is 0.681. The molecule has 20 heavy (non-hydrogen) atoms. The van der Waals surface area contributed by atoms with Gasteiger partial charge in [-0.2, -0.15) is 0 Å². The van der Waals surface area contributed by atoms with Crippen molar-refractivity contribution >= 4 is 15.9 Å². The number of nitrogens with one attached hydrogen (secondary N) is 1. The van der Waals surface area contributed by atoms with Gasteiger partial charge in [0.25, 0.3) is 0 Å². The lowest BCUT2D eigenvalue weighted by atomic mass is 10.2. The summed E-state index contributed by atoms with van der Waals surface area (Å²) in [6.45, 7) is 6.41. The third kappa shape index (κ3) is 4.62. The Hall–Kier alpha value is -1.39. The number of hydrogen-bond donors (Lipinski definition) is 1. The summed E-state index contributed by atoms with van der Waals surface area (Å²) in [6.07, 6.45) is 0. The van der Waals surface area contributed by atoms with Crippen LogP contribution in [0.2, 0.25) is 0 Å². The summed E-state index contributed by atoms with van der Waals surface area (Å²) in [5, 5.41) is 3.31. The Labute approximate surface area is 128 Å². The summed E-state index contributed by atoms with van der Waals surface area (Å²) >= 11 is 3.42. The molecule has 0 saturated carbocycles. The first-order chi connectivity index (χ1) is 9.67. The first-order valence-corrected chi connectivity index (χ1v) is 7.52. The minimum absolute atomic E-state index is 0.532. The quantitative estimate of drug-likeness (QED) is 0.871. The maximum Gasteiger partial charge on any atom is 0.214 e. The summed E-state index contributed by atoms with van der Waals surface area (Å²) in [6, 6.07) is 12.2. The molecule has 4 heteroatoms. The molecule has 2 rings (SSSR count). The van der Waals surface area contributed by atoms with Crippen molar-refractivity contribution in [3.8, 4) is 5.88 Å². The second-order valence-corrected chi connectivity index (χ2v) is 5.57. The van der Waals surface area contributed by atoms with Gasteiger partial charge in [0.05, 0.1) is 0 Å². The minimum atomic E-state index is 0.532. The lowest BCUT2D eigenvalue weighted by Crippen LogP contribution is -2.12. The van der Waals surface area contributed by atoms with Crippen LogP contribution in [0.3, 0.4) is 0 Å². The molecule has 0 amide bonds. The molecule has 0 atom stereocenters. The van der Waals surface area contributed by atoms with Crippen molar-refractivity contribution in [1.29, 1.82) is 0 Å². The smallest absolute Gasteiger partial charge is 0.214 e. The largest absolute Gasteiger partial charge is 0.473 e. The van der Waals surface area contributed by atoms with Crippen molar-refractivity contribution in [2.24, 2.45) is 0 Å². The number of aryl methyl sites for hydroxylation is 1. The molecule has 0 aliphatic rings. The van der Waals surface area contributed by atoms with Crippen molar-refractivity contribution < 1.29 is 4.74 Å². The van der Waals surface area contributed by atoms with E-state index in [9.17, 15) is 0 Å². The number of benzene rings is 1. The SMILES string of the molecule is CCNCc1cc(C)nc(OCc2ccc(Br)cc2)c1. The molecule has 3 nitrogen and oxygen atoms in total. The standard InChI is InChI=1S/C16H19BrN2O/c1-3-18-10-14-8-12(2)19-16(9-14)20-11-13-4-6-15(17)7-5-13/h4-9,18H,3,10-11H2,1-2H3. The van der Waals surface area contributed by atoms with Gasteiger partial charge in [-0.05, 0) is 42.8 Å². The third-order valence-electron chi connectivity index (χ3n) is 2.87. The lowest BCUT2D eigenvalue weighted by molar-refractivity contribution is 0.293. The molecular formula is C16H19BrN2O. The van der Waals surface area contributed by atoms with E-state index >= 15 is 0 Å². The maximum atomic E-state index is 5.78. The number of pyridine rings is 1. The number of aromatic nitrogens is 1. The molecular weight excluding hydrogens is 316 g/mol. The molecule has 0 aliphatic carbocycles. The fourth-order valence-corrected chi connectivity index (χ4v) is 2.15. The highest BCUT2D eigenvalue weighted by molar-refractivity contribution is 9.10. The number of ether oxygens (including phenoxy) is 1. The molecule has 1 N–H and O–H groups in total. The van der Waals surface area contributed by atoms with Crippen LogP contribution >= 0.6 is 15.9 Å². The molecule has 0 aliphatic heterocycles. The van der Waals surface area contributed by atoms with Crippen LogP contribution in [0.15, 0.2) is 40.9 Å². The molecule has 2 aromatic rings. The molecule has 1 aromatic carbocycles. The molecule has 0 unspecified atom stereocenters. The molecule has 106 valence electrons. The minimum Gasteiger partial charge on any atom is -0.473 e. The second kappa shape index (κ2) is 7.41. The summed E-state index contributed by atoms with van der Waals surface area (Å²) in [5.41, 5.74) is 3.31. The predicted molar refractivity (Wildman–Crippen MR) is 84.8 cm³/mol. The Kier molecular flexibility index (Phi) is 5.56. The molecule has 0 saturated heterocycles. The molecule has 0 spiro atoms.